The average Bonchev–Trinajstić information content (AvgIpc) is 2.58. The highest BCUT2D eigenvalue weighted by molar-refractivity contribution is 5.31. The number of hydrogen-bond donors (Lipinski definition) is 1. The first-order valence-corrected chi connectivity index (χ1v) is 6.81. The van der Waals surface area contributed by atoms with Gasteiger partial charge >= 0.3 is 0 Å². The third-order valence-corrected chi connectivity index (χ3v) is 3.55. The summed E-state index contributed by atoms with van der Waals surface area (Å²) in [6.45, 7) is 8.72. The average molecular weight is 248 g/mol. The van der Waals surface area contributed by atoms with E-state index in [0.717, 1.165) is 32.7 Å². The maximum Gasteiger partial charge on any atom is 0.0593 e. The zero-order valence-corrected chi connectivity index (χ0v) is 11.5. The van der Waals surface area contributed by atoms with Crippen molar-refractivity contribution < 1.29 is 4.74 Å². The van der Waals surface area contributed by atoms with Gasteiger partial charge in [-0.15, -0.1) is 0 Å². The summed E-state index contributed by atoms with van der Waals surface area (Å²) in [6, 6.07) is 7.06. The van der Waals surface area contributed by atoms with Crippen LogP contribution >= 0.6 is 0 Å². The summed E-state index contributed by atoms with van der Waals surface area (Å²) in [5.41, 5.74) is 9.98. The van der Waals surface area contributed by atoms with Crippen LogP contribution in [-0.2, 0) is 4.74 Å². The van der Waals surface area contributed by atoms with E-state index < -0.39 is 0 Å². The summed E-state index contributed by atoms with van der Waals surface area (Å²) in [7, 11) is 0. The van der Waals surface area contributed by atoms with Crippen LogP contribution in [0.4, 0.5) is 0 Å². The van der Waals surface area contributed by atoms with Crippen LogP contribution in [0.15, 0.2) is 18.2 Å². The predicted molar refractivity (Wildman–Crippen MR) is 74.7 cm³/mol. The van der Waals surface area contributed by atoms with Gasteiger partial charge in [0, 0.05) is 32.3 Å². The Kier molecular flexibility index (Phi) is 4.75. The van der Waals surface area contributed by atoms with Gasteiger partial charge in [0.1, 0.15) is 0 Å². The molecule has 0 saturated carbocycles. The molecule has 0 aromatic heterocycles. The van der Waals surface area contributed by atoms with E-state index in [9.17, 15) is 0 Å². The second-order valence-corrected chi connectivity index (χ2v) is 5.17. The second-order valence-electron chi connectivity index (χ2n) is 5.17. The van der Waals surface area contributed by atoms with Crippen LogP contribution in [0.3, 0.4) is 0 Å². The van der Waals surface area contributed by atoms with E-state index in [4.69, 9.17) is 10.5 Å². The van der Waals surface area contributed by atoms with Crippen LogP contribution in [0, 0.1) is 13.8 Å². The van der Waals surface area contributed by atoms with Crippen LogP contribution in [0.1, 0.15) is 29.2 Å². The summed E-state index contributed by atoms with van der Waals surface area (Å²) in [4.78, 5) is 2.46. The summed E-state index contributed by atoms with van der Waals surface area (Å²) in [5, 5.41) is 0. The normalized spacial score (nSPS) is 19.5. The molecule has 0 amide bonds. The first kappa shape index (κ1) is 13.5. The Bertz CT molecular complexity index is 364. The van der Waals surface area contributed by atoms with Crippen molar-refractivity contribution in [2.45, 2.75) is 26.3 Å². The van der Waals surface area contributed by atoms with Crippen LogP contribution in [0.2, 0.25) is 0 Å². The molecule has 0 aliphatic carbocycles. The fraction of sp³-hybridized carbons (Fsp3) is 0.600. The van der Waals surface area contributed by atoms with E-state index in [2.05, 4.69) is 36.9 Å². The number of rotatable bonds is 3. The lowest BCUT2D eigenvalue weighted by atomic mass is 10.00. The highest BCUT2D eigenvalue weighted by atomic mass is 16.5. The van der Waals surface area contributed by atoms with Crippen molar-refractivity contribution in [3.05, 3.63) is 34.9 Å². The minimum absolute atomic E-state index is 0.324. The van der Waals surface area contributed by atoms with Gasteiger partial charge in [0.15, 0.2) is 0 Å². The molecule has 1 aromatic carbocycles. The van der Waals surface area contributed by atoms with Crippen molar-refractivity contribution >= 4 is 0 Å². The molecule has 1 saturated heterocycles. The fourth-order valence-electron chi connectivity index (χ4n) is 2.78. The SMILES string of the molecule is Cc1cc(C)cc(C(CN)N2CCCOCC2)c1. The quantitative estimate of drug-likeness (QED) is 0.889. The Hall–Kier alpha value is -0.900. The molecular weight excluding hydrogens is 224 g/mol. The number of nitrogens with zero attached hydrogens (tertiary/aromatic N) is 1. The van der Waals surface area contributed by atoms with E-state index in [0.29, 0.717) is 12.6 Å². The zero-order valence-electron chi connectivity index (χ0n) is 11.5. The number of benzene rings is 1. The van der Waals surface area contributed by atoms with E-state index in [1.807, 2.05) is 0 Å². The van der Waals surface area contributed by atoms with Gasteiger partial charge in [-0.05, 0) is 25.8 Å². The third-order valence-electron chi connectivity index (χ3n) is 3.55. The molecular formula is C15H24N2O. The van der Waals surface area contributed by atoms with E-state index >= 15 is 0 Å². The van der Waals surface area contributed by atoms with Gasteiger partial charge in [-0.1, -0.05) is 29.3 Å². The molecule has 2 rings (SSSR count). The smallest absolute Gasteiger partial charge is 0.0593 e. The van der Waals surface area contributed by atoms with E-state index in [1.165, 1.54) is 16.7 Å². The Morgan fingerprint density at radius 3 is 2.56 bits per heavy atom. The van der Waals surface area contributed by atoms with E-state index in [1.54, 1.807) is 0 Å². The first-order valence-electron chi connectivity index (χ1n) is 6.81. The van der Waals surface area contributed by atoms with Crippen LogP contribution in [0.25, 0.3) is 0 Å². The summed E-state index contributed by atoms with van der Waals surface area (Å²) < 4.78 is 5.52. The molecule has 1 aliphatic heterocycles. The number of aryl methyl sites for hydroxylation is 2. The predicted octanol–water partition coefficient (Wildman–Crippen LogP) is 2.03. The van der Waals surface area contributed by atoms with Crippen molar-refractivity contribution in [1.29, 1.82) is 0 Å². The lowest BCUT2D eigenvalue weighted by Crippen LogP contribution is -2.35. The van der Waals surface area contributed by atoms with Crippen molar-refractivity contribution in [2.75, 3.05) is 32.8 Å². The molecule has 1 fully saturated rings. The molecule has 1 atom stereocenters. The molecule has 18 heavy (non-hydrogen) atoms. The zero-order chi connectivity index (χ0) is 13.0. The van der Waals surface area contributed by atoms with Crippen LogP contribution in [0.5, 0.6) is 0 Å². The lowest BCUT2D eigenvalue weighted by molar-refractivity contribution is 0.132. The van der Waals surface area contributed by atoms with Gasteiger partial charge in [-0.3, -0.25) is 4.90 Å². The highest BCUT2D eigenvalue weighted by Crippen LogP contribution is 2.23. The number of nitrogens with two attached hydrogens (primary N) is 1. The Balaban J connectivity index is 2.20. The summed E-state index contributed by atoms with van der Waals surface area (Å²) in [6.07, 6.45) is 1.10. The number of hydrogen-bond acceptors (Lipinski definition) is 3. The summed E-state index contributed by atoms with van der Waals surface area (Å²) >= 11 is 0. The Morgan fingerprint density at radius 2 is 1.89 bits per heavy atom. The van der Waals surface area contributed by atoms with Gasteiger partial charge in [0.2, 0.25) is 0 Å². The second kappa shape index (κ2) is 6.32. The standard InChI is InChI=1S/C15H24N2O/c1-12-8-13(2)10-14(9-12)15(11-16)17-4-3-6-18-7-5-17/h8-10,15H,3-7,11,16H2,1-2H3. The topological polar surface area (TPSA) is 38.5 Å². The highest BCUT2D eigenvalue weighted by Gasteiger charge is 2.20. The molecule has 1 unspecified atom stereocenters. The monoisotopic (exact) mass is 248 g/mol. The van der Waals surface area contributed by atoms with Gasteiger partial charge < -0.3 is 10.5 Å². The maximum atomic E-state index is 6.00. The minimum atomic E-state index is 0.324. The van der Waals surface area contributed by atoms with Gasteiger partial charge in [-0.25, -0.2) is 0 Å². The largest absolute Gasteiger partial charge is 0.380 e. The third kappa shape index (κ3) is 3.31. The van der Waals surface area contributed by atoms with Crippen LogP contribution in [-0.4, -0.2) is 37.7 Å². The molecule has 3 heteroatoms. The molecule has 0 spiro atoms. The first-order chi connectivity index (χ1) is 8.70. The van der Waals surface area contributed by atoms with Crippen molar-refractivity contribution in [2.24, 2.45) is 5.73 Å². The minimum Gasteiger partial charge on any atom is -0.380 e. The van der Waals surface area contributed by atoms with Gasteiger partial charge in [0.25, 0.3) is 0 Å². The molecule has 1 aliphatic rings. The molecule has 3 nitrogen and oxygen atoms in total. The lowest BCUT2D eigenvalue weighted by Gasteiger charge is -2.30. The van der Waals surface area contributed by atoms with Crippen molar-refractivity contribution in [1.82, 2.24) is 4.90 Å². The van der Waals surface area contributed by atoms with E-state index in [-0.39, 0.29) is 0 Å². The molecule has 1 aromatic rings. The molecule has 0 bridgehead atoms. The van der Waals surface area contributed by atoms with Crippen LogP contribution < -0.4 is 5.73 Å². The molecule has 0 radical (unpaired) electrons. The number of ether oxygens (including phenoxy) is 1. The molecule has 100 valence electrons. The van der Waals surface area contributed by atoms with Crippen molar-refractivity contribution in [3.63, 3.8) is 0 Å². The van der Waals surface area contributed by atoms with Crippen molar-refractivity contribution in [3.8, 4) is 0 Å². The molecule has 1 heterocycles. The Labute approximate surface area is 110 Å². The molecule has 2 N–H and O–H groups in total. The fourth-order valence-corrected chi connectivity index (χ4v) is 2.78. The van der Waals surface area contributed by atoms with Gasteiger partial charge in [0.05, 0.1) is 6.61 Å². The Morgan fingerprint density at radius 1 is 1.17 bits per heavy atom. The summed E-state index contributed by atoms with van der Waals surface area (Å²) in [5.74, 6) is 0. The maximum absolute atomic E-state index is 6.00. The van der Waals surface area contributed by atoms with Gasteiger partial charge in [-0.2, -0.15) is 0 Å².